The molecule has 0 saturated heterocycles. The van der Waals surface area contributed by atoms with Crippen molar-refractivity contribution in [2.75, 3.05) is 26.7 Å². The second kappa shape index (κ2) is 6.05. The van der Waals surface area contributed by atoms with Crippen LogP contribution in [0.4, 0.5) is 0 Å². The first-order valence-electron chi connectivity index (χ1n) is 4.91. The number of alkyl halides is 1. The van der Waals surface area contributed by atoms with E-state index in [1.165, 1.54) is 0 Å². The van der Waals surface area contributed by atoms with Crippen LogP contribution in [0.25, 0.3) is 0 Å². The Bertz CT molecular complexity index is 151. The Kier molecular flexibility index (Phi) is 5.38. The average molecular weight is 267 g/mol. The predicted octanol–water partition coefficient (Wildman–Crippen LogP) is 1.84. The van der Waals surface area contributed by atoms with Gasteiger partial charge in [-0.05, 0) is 18.8 Å². The highest BCUT2D eigenvalue weighted by Crippen LogP contribution is 2.31. The predicted molar refractivity (Wildman–Crippen MR) is 58.9 cm³/mol. The zero-order valence-corrected chi connectivity index (χ0v) is 10.6. The normalized spacial score (nSPS) is 38.6. The van der Waals surface area contributed by atoms with Crippen LogP contribution in [0.1, 0.15) is 12.8 Å². The Hall–Kier alpha value is 0.360. The molecule has 1 aliphatic carbocycles. The van der Waals surface area contributed by atoms with Crippen LogP contribution in [-0.2, 0) is 14.2 Å². The number of hydrogen-bond donors (Lipinski definition) is 0. The number of methoxy groups -OCH3 is 3. The van der Waals surface area contributed by atoms with Crippen LogP contribution in [0.15, 0.2) is 0 Å². The Morgan fingerprint density at radius 3 is 1.79 bits per heavy atom. The maximum absolute atomic E-state index is 5.43. The van der Waals surface area contributed by atoms with E-state index >= 15 is 0 Å². The number of ether oxygens (including phenoxy) is 3. The summed E-state index contributed by atoms with van der Waals surface area (Å²) in [6.07, 6.45) is 2.46. The van der Waals surface area contributed by atoms with Gasteiger partial charge in [0.2, 0.25) is 0 Å². The van der Waals surface area contributed by atoms with Gasteiger partial charge >= 0.3 is 0 Å². The lowest BCUT2D eigenvalue weighted by molar-refractivity contribution is -0.138. The molecule has 0 radical (unpaired) electrons. The number of hydrogen-bond acceptors (Lipinski definition) is 3. The van der Waals surface area contributed by atoms with Gasteiger partial charge < -0.3 is 14.2 Å². The molecule has 2 unspecified atom stereocenters. The van der Waals surface area contributed by atoms with Crippen LogP contribution in [0.3, 0.4) is 0 Å². The van der Waals surface area contributed by atoms with Gasteiger partial charge in [-0.3, -0.25) is 0 Å². The fraction of sp³-hybridized carbons (Fsp3) is 1.00. The highest BCUT2D eigenvalue weighted by Gasteiger charge is 2.37. The number of rotatable bonds is 4. The molecule has 1 aliphatic rings. The summed E-state index contributed by atoms with van der Waals surface area (Å²) < 4.78 is 16.3. The zero-order chi connectivity index (χ0) is 10.6. The van der Waals surface area contributed by atoms with Crippen LogP contribution in [0.2, 0.25) is 0 Å². The van der Waals surface area contributed by atoms with E-state index in [0.717, 1.165) is 18.2 Å². The Morgan fingerprint density at radius 2 is 1.50 bits per heavy atom. The van der Waals surface area contributed by atoms with Gasteiger partial charge in [-0.25, -0.2) is 0 Å². The van der Waals surface area contributed by atoms with Gasteiger partial charge in [-0.2, -0.15) is 0 Å². The molecular formula is C10H19BrO3. The maximum atomic E-state index is 5.43. The second-order valence-electron chi connectivity index (χ2n) is 3.74. The molecule has 0 aliphatic heterocycles. The van der Waals surface area contributed by atoms with Gasteiger partial charge in [0.25, 0.3) is 0 Å². The van der Waals surface area contributed by atoms with Crippen molar-refractivity contribution in [2.24, 2.45) is 5.92 Å². The molecule has 1 rings (SSSR count). The molecule has 0 aromatic carbocycles. The van der Waals surface area contributed by atoms with Crippen molar-refractivity contribution in [3.05, 3.63) is 0 Å². The highest BCUT2D eigenvalue weighted by atomic mass is 79.9. The summed E-state index contributed by atoms with van der Waals surface area (Å²) in [5.41, 5.74) is 0. The van der Waals surface area contributed by atoms with Crippen molar-refractivity contribution >= 4 is 15.9 Å². The zero-order valence-electron chi connectivity index (χ0n) is 9.03. The smallest absolute Gasteiger partial charge is 0.109 e. The van der Waals surface area contributed by atoms with E-state index < -0.39 is 0 Å². The molecule has 0 amide bonds. The van der Waals surface area contributed by atoms with Crippen LogP contribution in [0.5, 0.6) is 0 Å². The molecule has 4 heteroatoms. The lowest BCUT2D eigenvalue weighted by atomic mass is 9.84. The van der Waals surface area contributed by atoms with Crippen molar-refractivity contribution in [1.82, 2.24) is 0 Å². The quantitative estimate of drug-likeness (QED) is 0.727. The van der Waals surface area contributed by atoms with Crippen LogP contribution < -0.4 is 0 Å². The van der Waals surface area contributed by atoms with Crippen molar-refractivity contribution in [2.45, 2.75) is 31.2 Å². The van der Waals surface area contributed by atoms with E-state index in [1.54, 1.807) is 21.3 Å². The van der Waals surface area contributed by atoms with E-state index in [9.17, 15) is 0 Å². The van der Waals surface area contributed by atoms with E-state index in [2.05, 4.69) is 15.9 Å². The Balaban J connectivity index is 2.63. The highest BCUT2D eigenvalue weighted by molar-refractivity contribution is 9.09. The lowest BCUT2D eigenvalue weighted by Crippen LogP contribution is -2.47. The first-order chi connectivity index (χ1) is 6.76. The minimum atomic E-state index is 0.0697. The van der Waals surface area contributed by atoms with Gasteiger partial charge in [-0.15, -0.1) is 0 Å². The molecule has 2 atom stereocenters. The summed E-state index contributed by atoms with van der Waals surface area (Å²) in [6, 6.07) is 0. The van der Waals surface area contributed by atoms with Crippen molar-refractivity contribution in [1.29, 1.82) is 0 Å². The molecule has 0 heterocycles. The number of halogens is 1. The van der Waals surface area contributed by atoms with E-state index in [-0.39, 0.29) is 18.3 Å². The summed E-state index contributed by atoms with van der Waals surface area (Å²) in [4.78, 5) is 0. The molecule has 0 aromatic rings. The minimum Gasteiger partial charge on any atom is -0.379 e. The maximum Gasteiger partial charge on any atom is 0.109 e. The van der Waals surface area contributed by atoms with Gasteiger partial charge in [0.1, 0.15) is 6.10 Å². The molecule has 0 bridgehead atoms. The van der Waals surface area contributed by atoms with Crippen LogP contribution in [-0.4, -0.2) is 45.0 Å². The van der Waals surface area contributed by atoms with E-state index in [4.69, 9.17) is 14.2 Å². The summed E-state index contributed by atoms with van der Waals surface area (Å²) in [5.74, 6) is 0.622. The lowest BCUT2D eigenvalue weighted by Gasteiger charge is -2.39. The molecule has 14 heavy (non-hydrogen) atoms. The summed E-state index contributed by atoms with van der Waals surface area (Å²) >= 11 is 3.51. The minimum absolute atomic E-state index is 0.0697. The van der Waals surface area contributed by atoms with Crippen molar-refractivity contribution in [3.63, 3.8) is 0 Å². The third-order valence-corrected chi connectivity index (χ3v) is 3.88. The fourth-order valence-corrected chi connectivity index (χ4v) is 2.68. The monoisotopic (exact) mass is 266 g/mol. The topological polar surface area (TPSA) is 27.7 Å². The van der Waals surface area contributed by atoms with Gasteiger partial charge in [-0.1, -0.05) is 15.9 Å². The molecule has 0 spiro atoms. The third-order valence-electron chi connectivity index (χ3n) is 2.96. The summed E-state index contributed by atoms with van der Waals surface area (Å²) in [6.45, 7) is 0. The second-order valence-corrected chi connectivity index (χ2v) is 4.39. The molecule has 0 aromatic heterocycles. The van der Waals surface area contributed by atoms with E-state index in [1.807, 2.05) is 0 Å². The largest absolute Gasteiger partial charge is 0.379 e. The van der Waals surface area contributed by atoms with Gasteiger partial charge in [0.15, 0.2) is 0 Å². The first kappa shape index (κ1) is 12.4. The van der Waals surface area contributed by atoms with Gasteiger partial charge in [0, 0.05) is 26.7 Å². The summed E-state index contributed by atoms with van der Waals surface area (Å²) in [5, 5.41) is 1.00. The summed E-state index contributed by atoms with van der Waals surface area (Å²) in [7, 11) is 5.19. The SMILES string of the molecule is COC1CC(CBr)CC(OC)C1OC. The fourth-order valence-electron chi connectivity index (χ4n) is 2.15. The molecule has 1 saturated carbocycles. The standard InChI is InChI=1S/C10H19BrO3/c1-12-8-4-7(6-11)5-9(13-2)10(8)14-3/h7-10H,4-6H2,1-3H3. The van der Waals surface area contributed by atoms with Crippen LogP contribution >= 0.6 is 15.9 Å². The van der Waals surface area contributed by atoms with Crippen molar-refractivity contribution < 1.29 is 14.2 Å². The molecule has 0 N–H and O–H groups in total. The average Bonchev–Trinajstić information content (AvgIpc) is 2.26. The van der Waals surface area contributed by atoms with Gasteiger partial charge in [0.05, 0.1) is 12.2 Å². The first-order valence-corrected chi connectivity index (χ1v) is 6.03. The third kappa shape index (κ3) is 2.69. The molecular weight excluding hydrogens is 248 g/mol. The Labute approximate surface area is 94.2 Å². The van der Waals surface area contributed by atoms with Crippen LogP contribution in [0, 0.1) is 5.92 Å². The Morgan fingerprint density at radius 1 is 1.00 bits per heavy atom. The molecule has 84 valence electrons. The van der Waals surface area contributed by atoms with Crippen molar-refractivity contribution in [3.8, 4) is 0 Å². The van der Waals surface area contributed by atoms with E-state index in [0.29, 0.717) is 5.92 Å². The molecule has 3 nitrogen and oxygen atoms in total. The molecule has 1 fully saturated rings.